The molecule has 2 saturated heterocycles. The molecule has 0 bridgehead atoms. The summed E-state index contributed by atoms with van der Waals surface area (Å²) in [5, 5.41) is 0. The second-order valence-corrected chi connectivity index (χ2v) is 36.2. The molecule has 0 radical (unpaired) electrons. The van der Waals surface area contributed by atoms with Crippen LogP contribution in [0.3, 0.4) is 0 Å². The maximum absolute atomic E-state index is 11.5. The zero-order chi connectivity index (χ0) is 91.0. The lowest BCUT2D eigenvalue weighted by atomic mass is 9.85. The fourth-order valence-corrected chi connectivity index (χ4v) is 8.67. The number of ether oxygens (including phenoxy) is 11. The van der Waals surface area contributed by atoms with Crippen molar-refractivity contribution >= 4 is 35.8 Å². The van der Waals surface area contributed by atoms with Gasteiger partial charge >= 0.3 is 35.8 Å². The molecule has 4 aromatic rings. The highest BCUT2D eigenvalue weighted by atomic mass is 16.6. The van der Waals surface area contributed by atoms with Crippen molar-refractivity contribution in [3.8, 4) is 0 Å². The highest BCUT2D eigenvalue weighted by Gasteiger charge is 2.33. The maximum Gasteiger partial charge on any atom is 0.311 e. The molecule has 0 N–H and O–H groups in total. The molecule has 17 nitrogen and oxygen atoms in total. The highest BCUT2D eigenvalue weighted by molar-refractivity contribution is 5.78. The van der Waals surface area contributed by atoms with Crippen LogP contribution in [-0.2, 0) is 91.7 Å². The summed E-state index contributed by atoms with van der Waals surface area (Å²) in [4.78, 5) is 67.1. The maximum atomic E-state index is 11.5. The van der Waals surface area contributed by atoms with Crippen molar-refractivity contribution in [1.29, 1.82) is 0 Å². The van der Waals surface area contributed by atoms with Crippen molar-refractivity contribution in [2.24, 2.45) is 32.5 Å². The van der Waals surface area contributed by atoms with Gasteiger partial charge in [-0.2, -0.15) is 0 Å². The van der Waals surface area contributed by atoms with Gasteiger partial charge in [0.15, 0.2) is 0 Å². The molecular weight excluding hydrogens is 1710 g/mol. The van der Waals surface area contributed by atoms with Crippen LogP contribution in [0.25, 0.3) is 0 Å². The summed E-state index contributed by atoms with van der Waals surface area (Å²) in [5.41, 5.74) is 7.10. The molecule has 6 atom stereocenters. The second kappa shape index (κ2) is 102. The van der Waals surface area contributed by atoms with Crippen molar-refractivity contribution < 1.29 is 80.9 Å². The predicted octanol–water partition coefficient (Wildman–Crippen LogP) is 37.3. The Balaban J connectivity index is -0.0000000465. The Morgan fingerprint density at radius 1 is 0.270 bits per heavy atom. The van der Waals surface area contributed by atoms with Crippen molar-refractivity contribution in [2.45, 2.75) is 481 Å². The monoisotopic (exact) mass is 1970 g/mol. The lowest BCUT2D eigenvalue weighted by Gasteiger charge is -2.20. The molecule has 0 spiro atoms. The van der Waals surface area contributed by atoms with E-state index in [2.05, 4.69) is 216 Å². The third-order valence-electron chi connectivity index (χ3n) is 21.9. The van der Waals surface area contributed by atoms with E-state index in [1.165, 1.54) is 73.3 Å². The topological polar surface area (TPSA) is 211 Å². The van der Waals surface area contributed by atoms with Crippen LogP contribution < -0.4 is 0 Å². The first-order valence-electron chi connectivity index (χ1n) is 43.3. The SMILES string of the molecule is C.C.C.C.C.C.C.C.C.C.C.C.C.C.C.C.C.C.C.C.CCC(C)(C)C(=O)OC.CCC(C)(C)C(=O)OC.CCC(C)(C)C(=O)OCC1CO1.CCC(C)(C)C(=O)OCCOC.CCC(C)(C)C(=O)OCCOC.CCC(C)(C)C(=O)OCCOCC1CO1.CCC(C)c1ccc(C(C)(C)C)cc1.CCC(C)c1ccc(C(C)(C)C)cc1.CCC(C)c1ccccc1.CCC(C)c1ccccc1. The van der Waals surface area contributed by atoms with E-state index in [0.29, 0.717) is 76.5 Å². The van der Waals surface area contributed by atoms with Crippen molar-refractivity contribution in [3.05, 3.63) is 143 Å². The zero-order valence-corrected chi connectivity index (χ0v) is 80.9. The third-order valence-corrected chi connectivity index (χ3v) is 21.9. The van der Waals surface area contributed by atoms with Crippen LogP contribution in [0.15, 0.2) is 109 Å². The normalized spacial score (nSPS) is 12.4. The molecule has 0 amide bonds. The largest absolute Gasteiger partial charge is 0.469 e. The molecule has 0 aromatic heterocycles. The van der Waals surface area contributed by atoms with Crippen LogP contribution >= 0.6 is 0 Å². The number of hydrogen-bond donors (Lipinski definition) is 0. The lowest BCUT2D eigenvalue weighted by Crippen LogP contribution is -2.27. The van der Waals surface area contributed by atoms with Gasteiger partial charge in [-0.25, -0.2) is 0 Å². The summed E-state index contributed by atoms with van der Waals surface area (Å²) in [6, 6.07) is 39.4. The van der Waals surface area contributed by atoms with E-state index in [9.17, 15) is 28.8 Å². The van der Waals surface area contributed by atoms with E-state index in [1.54, 1.807) is 14.2 Å². The Morgan fingerprint density at radius 2 is 0.460 bits per heavy atom. The van der Waals surface area contributed by atoms with E-state index < -0.39 is 0 Å². The summed E-state index contributed by atoms with van der Waals surface area (Å²) in [6.07, 6.45) is 10.1. The van der Waals surface area contributed by atoms with Gasteiger partial charge in [0.1, 0.15) is 38.6 Å². The van der Waals surface area contributed by atoms with Crippen LogP contribution in [-0.4, -0.2) is 143 Å². The molecule has 137 heavy (non-hydrogen) atoms. The van der Waals surface area contributed by atoms with E-state index in [0.717, 1.165) is 51.7 Å². The first-order valence-corrected chi connectivity index (χ1v) is 43.3. The number of benzene rings is 4. The fraction of sp³-hybridized carbons (Fsp3) is 0.750. The molecule has 17 heteroatoms. The summed E-state index contributed by atoms with van der Waals surface area (Å²) < 4.78 is 53.9. The third kappa shape index (κ3) is 90.5. The fourth-order valence-electron chi connectivity index (χ4n) is 8.67. The minimum absolute atomic E-state index is 0. The molecule has 2 aliphatic rings. The average Bonchev–Trinajstić information content (AvgIpc) is 1.39. The van der Waals surface area contributed by atoms with Crippen LogP contribution in [0.2, 0.25) is 0 Å². The number of esters is 6. The minimum atomic E-state index is -0.389. The van der Waals surface area contributed by atoms with Gasteiger partial charge in [-0.3, -0.25) is 28.8 Å². The Labute approximate surface area is 862 Å². The van der Waals surface area contributed by atoms with Gasteiger partial charge in [0.05, 0.1) is 86.4 Å². The number of methoxy groups -OCH3 is 4. The predicted molar refractivity (Wildman–Crippen MR) is 619 cm³/mol. The van der Waals surface area contributed by atoms with E-state index in [-0.39, 0.29) is 240 Å². The minimum Gasteiger partial charge on any atom is -0.469 e. The van der Waals surface area contributed by atoms with Crippen LogP contribution in [0.4, 0.5) is 0 Å². The molecule has 6 rings (SSSR count). The number of rotatable bonds is 33. The van der Waals surface area contributed by atoms with Gasteiger partial charge in [-0.15, -0.1) is 0 Å². The Bertz CT molecular complexity index is 3020. The molecule has 0 saturated carbocycles. The second-order valence-electron chi connectivity index (χ2n) is 36.2. The molecule has 4 aromatic carbocycles. The van der Waals surface area contributed by atoms with Gasteiger partial charge in [0, 0.05) is 14.2 Å². The van der Waals surface area contributed by atoms with Crippen molar-refractivity contribution in [3.63, 3.8) is 0 Å². The van der Waals surface area contributed by atoms with E-state index in [4.69, 9.17) is 42.6 Å². The Kier molecular flexibility index (Phi) is 144. The van der Waals surface area contributed by atoms with Crippen molar-refractivity contribution in [2.75, 3.05) is 94.5 Å². The van der Waals surface area contributed by atoms with Crippen LogP contribution in [0.5, 0.6) is 0 Å². The van der Waals surface area contributed by atoms with Gasteiger partial charge in [-0.05, 0) is 215 Å². The standard InChI is InChI=1S/2C14H22.C11H20O4.2C10H14.C9H16O3.2C9H18O3.2C7H14O2.20CH4/c2*1-6-11(2)12-7-9-13(10-8-12)14(3,4)5;1-4-11(2,3)10(12)14-6-5-13-7-9-8-15-9;2*1-3-9(2)10-7-5-4-6-8-10;1-4-9(2,3)8(10)12-6-7-5-11-7;2*1-5-9(2,3)8(10)12-7-6-11-4;2*1-5-7(2,3)6(8)9-4;;;;;;;;;;;;;;;;;;;;/h2*7-11H,6H2,1-5H3;9H,4-8H2,1-3H3;2*4-9H,3H2,1-2H3;7H,4-6H2,1-3H3;2*5-7H2,1-4H3;2*5H2,1-4H3;20*1H4. The molecule has 6 unspecified atom stereocenters. The molecule has 2 fully saturated rings. The highest BCUT2D eigenvalue weighted by Crippen LogP contribution is 2.30. The van der Waals surface area contributed by atoms with Gasteiger partial charge in [0.25, 0.3) is 0 Å². The van der Waals surface area contributed by atoms with E-state index in [1.807, 2.05) is 125 Å². The summed E-state index contributed by atoms with van der Waals surface area (Å²) in [6.45, 7) is 70.9. The number of epoxide rings is 2. The molecule has 834 valence electrons. The first kappa shape index (κ1) is 193. The van der Waals surface area contributed by atoms with Crippen molar-refractivity contribution in [1.82, 2.24) is 0 Å². The summed E-state index contributed by atoms with van der Waals surface area (Å²) in [7, 11) is 6.00. The van der Waals surface area contributed by atoms with Crippen LogP contribution in [0, 0.1) is 32.5 Å². The number of carbonyl (C=O) groups excluding carboxylic acids is 6. The zero-order valence-electron chi connectivity index (χ0n) is 80.9. The Morgan fingerprint density at radius 3 is 0.635 bits per heavy atom. The van der Waals surface area contributed by atoms with Gasteiger partial charge in [-0.1, -0.05) is 396 Å². The summed E-state index contributed by atoms with van der Waals surface area (Å²) >= 11 is 0. The smallest absolute Gasteiger partial charge is 0.311 e. The molecule has 2 aliphatic heterocycles. The molecule has 0 aliphatic carbocycles. The van der Waals surface area contributed by atoms with Gasteiger partial charge < -0.3 is 52.1 Å². The number of carbonyl (C=O) groups is 6. The van der Waals surface area contributed by atoms with Gasteiger partial charge in [0.2, 0.25) is 0 Å². The first-order chi connectivity index (χ1) is 54.4. The van der Waals surface area contributed by atoms with Crippen LogP contribution in [0.1, 0.15) is 491 Å². The quantitative estimate of drug-likeness (QED) is 0.0188. The summed E-state index contributed by atoms with van der Waals surface area (Å²) in [5.74, 6) is 1.94. The number of hydrogen-bond acceptors (Lipinski definition) is 17. The Hall–Kier alpha value is -6.50. The molecular formula is C120H252O17. The lowest BCUT2D eigenvalue weighted by molar-refractivity contribution is -0.156. The van der Waals surface area contributed by atoms with E-state index >= 15 is 0 Å². The average molecular weight is 1970 g/mol. The molecule has 2 heterocycles.